The van der Waals surface area contributed by atoms with Crippen molar-refractivity contribution < 1.29 is 13.2 Å². The van der Waals surface area contributed by atoms with E-state index in [1.165, 1.54) is 4.31 Å². The summed E-state index contributed by atoms with van der Waals surface area (Å²) in [5, 5.41) is 1.65. The second-order valence-corrected chi connectivity index (χ2v) is 8.19. The Bertz CT molecular complexity index is 401. The molecular weight excluding hydrogens is 311 g/mol. The number of rotatable bonds is 4. The molecule has 4 atom stereocenters. The lowest BCUT2D eigenvalue weighted by molar-refractivity contribution is 0.0414. The first-order valence-corrected chi connectivity index (χ1v) is 8.93. The van der Waals surface area contributed by atoms with E-state index in [2.05, 4.69) is 5.32 Å². The summed E-state index contributed by atoms with van der Waals surface area (Å²) in [6.45, 7) is 4.01. The third kappa shape index (κ3) is 3.36. The Labute approximate surface area is 124 Å². The summed E-state index contributed by atoms with van der Waals surface area (Å²) in [6, 6.07) is 0. The van der Waals surface area contributed by atoms with Gasteiger partial charge in [-0.25, -0.2) is 8.42 Å². The van der Waals surface area contributed by atoms with E-state index in [1.54, 1.807) is 0 Å². The van der Waals surface area contributed by atoms with Gasteiger partial charge >= 0.3 is 0 Å². The average molecular weight is 331 g/mol. The molecule has 2 aliphatic rings. The normalized spacial score (nSPS) is 37.6. The predicted octanol–water partition coefficient (Wildman–Crippen LogP) is 0.961. The Morgan fingerprint density at radius 2 is 2.05 bits per heavy atom. The van der Waals surface area contributed by atoms with Gasteiger partial charge in [0.1, 0.15) is 0 Å². The van der Waals surface area contributed by atoms with Crippen LogP contribution in [0.15, 0.2) is 0 Å². The quantitative estimate of drug-likeness (QED) is 0.780. The van der Waals surface area contributed by atoms with Crippen molar-refractivity contribution in [3.05, 3.63) is 0 Å². The Hall–Kier alpha value is 0.410. The van der Waals surface area contributed by atoms with E-state index < -0.39 is 20.7 Å². The maximum Gasteiger partial charge on any atom is 0.219 e. The smallest absolute Gasteiger partial charge is 0.219 e. The van der Waals surface area contributed by atoms with Crippen LogP contribution in [-0.2, 0) is 14.8 Å². The first kappa shape index (κ1) is 15.8. The maximum atomic E-state index is 12.5. The number of ether oxygens (including phenoxy) is 1. The van der Waals surface area contributed by atoms with E-state index in [0.717, 1.165) is 0 Å². The lowest BCUT2D eigenvalue weighted by atomic mass is 9.96. The van der Waals surface area contributed by atoms with Gasteiger partial charge in [-0.3, -0.25) is 0 Å². The molecule has 1 aliphatic carbocycles. The standard InChI is InChI=1S/C11H20Cl2N2O3S/c1-2-18-10-5-9(13)11(6-8(10)12)19(16,17)15-4-3-14-7-15/h8-11,14H,2-7H2,1H3. The molecule has 0 aromatic carbocycles. The molecule has 4 unspecified atom stereocenters. The van der Waals surface area contributed by atoms with Gasteiger partial charge in [0.25, 0.3) is 0 Å². The number of nitrogens with one attached hydrogen (secondary N) is 1. The predicted molar refractivity (Wildman–Crippen MR) is 76.2 cm³/mol. The van der Waals surface area contributed by atoms with E-state index >= 15 is 0 Å². The van der Waals surface area contributed by atoms with Gasteiger partial charge in [0, 0.05) is 19.7 Å². The number of hydrogen-bond acceptors (Lipinski definition) is 4. The first-order chi connectivity index (χ1) is 8.96. The minimum Gasteiger partial charge on any atom is -0.377 e. The molecule has 112 valence electrons. The molecule has 0 spiro atoms. The summed E-state index contributed by atoms with van der Waals surface area (Å²) in [6.07, 6.45) is 0.672. The third-order valence-corrected chi connectivity index (χ3v) is 7.08. The number of halogens is 2. The summed E-state index contributed by atoms with van der Waals surface area (Å²) < 4.78 is 32.0. The highest BCUT2D eigenvalue weighted by Crippen LogP contribution is 2.34. The Morgan fingerprint density at radius 3 is 2.63 bits per heavy atom. The van der Waals surface area contributed by atoms with Crippen LogP contribution in [0.2, 0.25) is 0 Å². The van der Waals surface area contributed by atoms with Crippen LogP contribution in [0.5, 0.6) is 0 Å². The molecule has 1 saturated heterocycles. The average Bonchev–Trinajstić information content (AvgIpc) is 2.88. The molecule has 0 radical (unpaired) electrons. The summed E-state index contributed by atoms with van der Waals surface area (Å²) >= 11 is 12.5. The molecule has 8 heteroatoms. The fourth-order valence-electron chi connectivity index (χ4n) is 2.63. The SMILES string of the molecule is CCOC1CC(Cl)C(S(=O)(=O)N2CCNC2)CC1Cl. The van der Waals surface area contributed by atoms with Crippen molar-refractivity contribution in [3.8, 4) is 0 Å². The van der Waals surface area contributed by atoms with E-state index in [-0.39, 0.29) is 11.5 Å². The van der Waals surface area contributed by atoms with Crippen LogP contribution in [0, 0.1) is 0 Å². The molecule has 2 rings (SSSR count). The number of hydrogen-bond donors (Lipinski definition) is 1. The maximum absolute atomic E-state index is 12.5. The van der Waals surface area contributed by atoms with Gasteiger partial charge in [-0.05, 0) is 19.8 Å². The summed E-state index contributed by atoms with van der Waals surface area (Å²) in [4.78, 5) is 0. The van der Waals surface area contributed by atoms with Crippen LogP contribution in [0.4, 0.5) is 0 Å². The molecule has 2 fully saturated rings. The van der Waals surface area contributed by atoms with Gasteiger partial charge in [-0.2, -0.15) is 4.31 Å². The second kappa shape index (κ2) is 6.45. The molecule has 19 heavy (non-hydrogen) atoms. The van der Waals surface area contributed by atoms with Crippen molar-refractivity contribution >= 4 is 33.2 Å². The molecule has 1 heterocycles. The molecule has 0 aromatic rings. The van der Waals surface area contributed by atoms with Crippen molar-refractivity contribution in [1.82, 2.24) is 9.62 Å². The molecule has 0 bridgehead atoms. The summed E-state index contributed by atoms with van der Waals surface area (Å²) in [5.41, 5.74) is 0. The van der Waals surface area contributed by atoms with Crippen molar-refractivity contribution in [2.45, 2.75) is 41.9 Å². The van der Waals surface area contributed by atoms with Crippen molar-refractivity contribution in [3.63, 3.8) is 0 Å². The van der Waals surface area contributed by atoms with Crippen LogP contribution in [-0.4, -0.2) is 61.2 Å². The van der Waals surface area contributed by atoms with E-state index in [0.29, 0.717) is 39.2 Å². The van der Waals surface area contributed by atoms with E-state index in [1.807, 2.05) is 6.92 Å². The molecule has 1 N–H and O–H groups in total. The van der Waals surface area contributed by atoms with Crippen molar-refractivity contribution in [2.75, 3.05) is 26.4 Å². The molecule has 1 aliphatic heterocycles. The molecule has 1 saturated carbocycles. The lowest BCUT2D eigenvalue weighted by Crippen LogP contribution is -2.49. The van der Waals surface area contributed by atoms with Gasteiger partial charge in [-0.1, -0.05) is 0 Å². The molecule has 0 amide bonds. The van der Waals surface area contributed by atoms with Gasteiger partial charge < -0.3 is 10.1 Å². The third-order valence-electron chi connectivity index (χ3n) is 3.67. The molecule has 0 aromatic heterocycles. The van der Waals surface area contributed by atoms with E-state index in [9.17, 15) is 8.42 Å². The number of nitrogens with zero attached hydrogens (tertiary/aromatic N) is 1. The zero-order valence-corrected chi connectivity index (χ0v) is 13.2. The first-order valence-electron chi connectivity index (χ1n) is 6.56. The highest BCUT2D eigenvalue weighted by atomic mass is 35.5. The largest absolute Gasteiger partial charge is 0.377 e. The van der Waals surface area contributed by atoms with Gasteiger partial charge in [0.2, 0.25) is 10.0 Å². The van der Waals surface area contributed by atoms with Crippen LogP contribution in [0.3, 0.4) is 0 Å². The molecule has 5 nitrogen and oxygen atoms in total. The van der Waals surface area contributed by atoms with Gasteiger partial charge in [0.05, 0.1) is 28.8 Å². The topological polar surface area (TPSA) is 58.6 Å². The Kier molecular flexibility index (Phi) is 5.36. The lowest BCUT2D eigenvalue weighted by Gasteiger charge is -2.37. The minimum atomic E-state index is -3.38. The minimum absolute atomic E-state index is 0.155. The van der Waals surface area contributed by atoms with E-state index in [4.69, 9.17) is 27.9 Å². The highest BCUT2D eigenvalue weighted by molar-refractivity contribution is 7.89. The monoisotopic (exact) mass is 330 g/mol. The van der Waals surface area contributed by atoms with Crippen LogP contribution in [0.1, 0.15) is 19.8 Å². The zero-order chi connectivity index (χ0) is 14.0. The summed E-state index contributed by atoms with van der Waals surface area (Å²) in [7, 11) is -3.38. The van der Waals surface area contributed by atoms with Crippen LogP contribution >= 0.6 is 23.2 Å². The van der Waals surface area contributed by atoms with Crippen LogP contribution < -0.4 is 5.32 Å². The molecular formula is C11H20Cl2N2O3S. The highest BCUT2D eigenvalue weighted by Gasteiger charge is 2.45. The zero-order valence-electron chi connectivity index (χ0n) is 10.9. The van der Waals surface area contributed by atoms with Crippen LogP contribution in [0.25, 0.3) is 0 Å². The summed E-state index contributed by atoms with van der Waals surface area (Å²) in [5.74, 6) is 0. The van der Waals surface area contributed by atoms with Crippen molar-refractivity contribution in [2.24, 2.45) is 0 Å². The van der Waals surface area contributed by atoms with Crippen molar-refractivity contribution in [1.29, 1.82) is 0 Å². The Morgan fingerprint density at radius 1 is 1.32 bits per heavy atom. The van der Waals surface area contributed by atoms with Gasteiger partial charge in [-0.15, -0.1) is 23.2 Å². The second-order valence-electron chi connectivity index (χ2n) is 4.91. The number of alkyl halides is 2. The number of sulfonamides is 1. The Balaban J connectivity index is 2.08. The van der Waals surface area contributed by atoms with Gasteiger partial charge in [0.15, 0.2) is 0 Å². The fraction of sp³-hybridized carbons (Fsp3) is 1.00. The fourth-order valence-corrected chi connectivity index (χ4v) is 5.71.